The van der Waals surface area contributed by atoms with Crippen molar-refractivity contribution in [3.63, 3.8) is 0 Å². The maximum atomic E-state index is 12.3. The minimum Gasteiger partial charge on any atom is -0.493 e. The first-order valence-electron chi connectivity index (χ1n) is 9.35. The molecule has 148 valence electrons. The molecule has 0 atom stereocenters. The van der Waals surface area contributed by atoms with Crippen molar-refractivity contribution in [3.8, 4) is 5.75 Å². The van der Waals surface area contributed by atoms with Crippen LogP contribution in [0.3, 0.4) is 0 Å². The van der Waals surface area contributed by atoms with E-state index in [4.69, 9.17) is 4.74 Å². The van der Waals surface area contributed by atoms with Gasteiger partial charge in [-0.25, -0.2) is 0 Å². The van der Waals surface area contributed by atoms with E-state index in [-0.39, 0.29) is 18.4 Å². The predicted molar refractivity (Wildman–Crippen MR) is 102 cm³/mol. The van der Waals surface area contributed by atoms with Crippen LogP contribution in [0.4, 0.5) is 0 Å². The molecule has 1 aromatic rings. The molecule has 0 unspecified atom stereocenters. The molecule has 1 aliphatic heterocycles. The van der Waals surface area contributed by atoms with Crippen LogP contribution >= 0.6 is 0 Å². The van der Waals surface area contributed by atoms with Crippen molar-refractivity contribution in [2.24, 2.45) is 0 Å². The van der Waals surface area contributed by atoms with E-state index in [2.05, 4.69) is 5.32 Å². The minimum atomic E-state index is -0.591. The Labute approximate surface area is 160 Å². The normalized spacial score (nSPS) is 14.3. The highest BCUT2D eigenvalue weighted by Gasteiger charge is 2.27. The molecular formula is C20H29N3O4. The second-order valence-electron chi connectivity index (χ2n) is 7.15. The molecule has 0 aliphatic carbocycles. The zero-order valence-electron chi connectivity index (χ0n) is 16.6. The van der Waals surface area contributed by atoms with Gasteiger partial charge in [0, 0.05) is 32.2 Å². The summed E-state index contributed by atoms with van der Waals surface area (Å²) >= 11 is 0. The molecular weight excluding hydrogens is 346 g/mol. The van der Waals surface area contributed by atoms with Crippen LogP contribution in [0.2, 0.25) is 0 Å². The summed E-state index contributed by atoms with van der Waals surface area (Å²) in [5.74, 6) is -0.365. The maximum Gasteiger partial charge on any atom is 0.312 e. The number of carbonyl (C=O) groups excluding carboxylic acids is 3. The molecule has 1 saturated heterocycles. The molecule has 0 saturated carbocycles. The second kappa shape index (κ2) is 9.39. The lowest BCUT2D eigenvalue weighted by Gasteiger charge is -2.34. The number of hydrogen-bond acceptors (Lipinski definition) is 4. The van der Waals surface area contributed by atoms with Gasteiger partial charge >= 0.3 is 11.8 Å². The molecule has 7 nitrogen and oxygen atoms in total. The summed E-state index contributed by atoms with van der Waals surface area (Å²) in [6.45, 7) is 9.60. The van der Waals surface area contributed by atoms with Gasteiger partial charge in [0.25, 0.3) is 0 Å². The molecule has 1 fully saturated rings. The van der Waals surface area contributed by atoms with Crippen molar-refractivity contribution < 1.29 is 19.1 Å². The monoisotopic (exact) mass is 375 g/mol. The number of nitrogens with zero attached hydrogens (tertiary/aromatic N) is 2. The Morgan fingerprint density at radius 2 is 1.67 bits per heavy atom. The van der Waals surface area contributed by atoms with Crippen molar-refractivity contribution >= 4 is 17.7 Å². The predicted octanol–water partition coefficient (Wildman–Crippen LogP) is 1.27. The Morgan fingerprint density at radius 1 is 1.04 bits per heavy atom. The smallest absolute Gasteiger partial charge is 0.312 e. The number of rotatable bonds is 5. The van der Waals surface area contributed by atoms with E-state index in [1.54, 1.807) is 4.90 Å². The van der Waals surface area contributed by atoms with Gasteiger partial charge in [-0.1, -0.05) is 6.07 Å². The number of carbonyl (C=O) groups is 3. The third-order valence-electron chi connectivity index (χ3n) is 4.60. The van der Waals surface area contributed by atoms with Gasteiger partial charge in [-0.2, -0.15) is 0 Å². The molecule has 1 N–H and O–H groups in total. The highest BCUT2D eigenvalue weighted by Crippen LogP contribution is 2.16. The molecule has 7 heteroatoms. The van der Waals surface area contributed by atoms with Crippen molar-refractivity contribution in [1.82, 2.24) is 15.1 Å². The van der Waals surface area contributed by atoms with E-state index in [0.717, 1.165) is 11.3 Å². The van der Waals surface area contributed by atoms with Crippen LogP contribution in [0.25, 0.3) is 0 Å². The fourth-order valence-corrected chi connectivity index (χ4v) is 2.84. The van der Waals surface area contributed by atoms with Crippen molar-refractivity contribution in [2.45, 2.75) is 40.2 Å². The number of ether oxygens (including phenoxy) is 1. The topological polar surface area (TPSA) is 79.0 Å². The van der Waals surface area contributed by atoms with Crippen LogP contribution in [0.1, 0.15) is 31.4 Å². The molecule has 2 rings (SSSR count). The van der Waals surface area contributed by atoms with Gasteiger partial charge < -0.3 is 19.9 Å². The summed E-state index contributed by atoms with van der Waals surface area (Å²) in [6, 6.07) is 5.78. The Hall–Kier alpha value is -2.57. The van der Waals surface area contributed by atoms with Crippen molar-refractivity contribution in [2.75, 3.05) is 32.8 Å². The van der Waals surface area contributed by atoms with Crippen molar-refractivity contribution in [3.05, 3.63) is 29.3 Å². The van der Waals surface area contributed by atoms with E-state index >= 15 is 0 Å². The number of hydrogen-bond donors (Lipinski definition) is 1. The van der Waals surface area contributed by atoms with E-state index in [1.165, 1.54) is 10.5 Å². The van der Waals surface area contributed by atoms with Gasteiger partial charge in [-0.15, -0.1) is 0 Å². The highest BCUT2D eigenvalue weighted by atomic mass is 16.5. The lowest BCUT2D eigenvalue weighted by Crippen LogP contribution is -2.54. The lowest BCUT2D eigenvalue weighted by molar-refractivity contribution is -0.148. The van der Waals surface area contributed by atoms with Gasteiger partial charge in [0.1, 0.15) is 5.75 Å². The van der Waals surface area contributed by atoms with Gasteiger partial charge in [0.05, 0.1) is 13.0 Å². The lowest BCUT2D eigenvalue weighted by atomic mass is 10.1. The molecule has 0 bridgehead atoms. The minimum absolute atomic E-state index is 0.00226. The van der Waals surface area contributed by atoms with E-state index < -0.39 is 11.8 Å². The van der Waals surface area contributed by atoms with Crippen LogP contribution in [0, 0.1) is 13.8 Å². The van der Waals surface area contributed by atoms with Gasteiger partial charge in [-0.3, -0.25) is 14.4 Å². The number of aryl methyl sites for hydroxylation is 2. The molecule has 1 heterocycles. The first kappa shape index (κ1) is 20.7. The number of nitrogens with one attached hydrogen (secondary N) is 1. The average molecular weight is 375 g/mol. The average Bonchev–Trinajstić information content (AvgIpc) is 2.63. The molecule has 1 aliphatic rings. The van der Waals surface area contributed by atoms with E-state index in [1.807, 2.05) is 45.9 Å². The highest BCUT2D eigenvalue weighted by molar-refractivity contribution is 6.35. The first-order chi connectivity index (χ1) is 12.8. The zero-order chi connectivity index (χ0) is 20.0. The largest absolute Gasteiger partial charge is 0.493 e. The van der Waals surface area contributed by atoms with Crippen LogP contribution < -0.4 is 10.1 Å². The van der Waals surface area contributed by atoms with Crippen LogP contribution in [0.15, 0.2) is 18.2 Å². The number of piperazine rings is 1. The standard InChI is InChI=1S/C20H29N3O4/c1-14(2)21-19(25)20(26)23-10-8-22(9-11-23)18(24)7-12-27-17-6-5-15(3)16(4)13-17/h5-6,13-14H,7-12H2,1-4H3,(H,21,25). The quantitative estimate of drug-likeness (QED) is 0.786. The fourth-order valence-electron chi connectivity index (χ4n) is 2.84. The van der Waals surface area contributed by atoms with Gasteiger partial charge in [0.2, 0.25) is 5.91 Å². The number of benzene rings is 1. The molecule has 0 spiro atoms. The SMILES string of the molecule is Cc1ccc(OCCC(=O)N2CCN(C(=O)C(=O)NC(C)C)CC2)cc1C. The molecule has 0 aromatic heterocycles. The Morgan fingerprint density at radius 3 is 2.26 bits per heavy atom. The third kappa shape index (κ3) is 5.98. The van der Waals surface area contributed by atoms with Gasteiger partial charge in [-0.05, 0) is 51.0 Å². The number of amides is 3. The van der Waals surface area contributed by atoms with Crippen LogP contribution in [0.5, 0.6) is 5.75 Å². The molecule has 0 radical (unpaired) electrons. The summed E-state index contributed by atoms with van der Waals surface area (Å²) in [5, 5.41) is 2.60. The van der Waals surface area contributed by atoms with Gasteiger partial charge in [0.15, 0.2) is 0 Å². The third-order valence-corrected chi connectivity index (χ3v) is 4.60. The van der Waals surface area contributed by atoms with E-state index in [9.17, 15) is 14.4 Å². The fraction of sp³-hybridized carbons (Fsp3) is 0.550. The summed E-state index contributed by atoms with van der Waals surface area (Å²) < 4.78 is 5.67. The van der Waals surface area contributed by atoms with Crippen molar-refractivity contribution in [1.29, 1.82) is 0 Å². The summed E-state index contributed by atoms with van der Waals surface area (Å²) in [6.07, 6.45) is 0.286. The summed E-state index contributed by atoms with van der Waals surface area (Å²) in [4.78, 5) is 39.4. The molecule has 1 aromatic carbocycles. The van der Waals surface area contributed by atoms with Crippen LogP contribution in [-0.4, -0.2) is 66.3 Å². The molecule has 3 amide bonds. The van der Waals surface area contributed by atoms with E-state index in [0.29, 0.717) is 32.8 Å². The second-order valence-corrected chi connectivity index (χ2v) is 7.15. The summed E-state index contributed by atoms with van der Waals surface area (Å²) in [7, 11) is 0. The molecule has 27 heavy (non-hydrogen) atoms. The summed E-state index contributed by atoms with van der Waals surface area (Å²) in [5.41, 5.74) is 2.36. The Bertz CT molecular complexity index is 694. The Balaban J connectivity index is 1.73. The Kier molecular flexibility index (Phi) is 7.21. The maximum absolute atomic E-state index is 12.3. The zero-order valence-corrected chi connectivity index (χ0v) is 16.6. The van der Waals surface area contributed by atoms with Crippen LogP contribution in [-0.2, 0) is 14.4 Å². The first-order valence-corrected chi connectivity index (χ1v) is 9.35.